The summed E-state index contributed by atoms with van der Waals surface area (Å²) in [5, 5.41) is 10.2. The Hall–Kier alpha value is -0.220. The van der Waals surface area contributed by atoms with Crippen LogP contribution in [0.15, 0.2) is 0 Å². The Morgan fingerprint density at radius 2 is 2.06 bits per heavy atom. The second kappa shape index (κ2) is 7.27. The fraction of sp³-hybridized carbons (Fsp3) is 0.923. The Balaban J connectivity index is 2.22. The van der Waals surface area contributed by atoms with Gasteiger partial charge in [0.25, 0.3) is 0 Å². The number of likely N-dealkylation sites (N-methyl/N-ethyl adjacent to an activating group) is 1. The molecule has 1 aliphatic rings. The molecule has 3 nitrogen and oxygen atoms in total. The van der Waals surface area contributed by atoms with Crippen LogP contribution < -0.4 is 0 Å². The summed E-state index contributed by atoms with van der Waals surface area (Å²) in [5.74, 6) is 1.75. The van der Waals surface area contributed by atoms with E-state index in [4.69, 9.17) is 0 Å². The van der Waals surface area contributed by atoms with Crippen molar-refractivity contribution in [1.29, 1.82) is 0 Å². The van der Waals surface area contributed by atoms with Crippen LogP contribution in [0.3, 0.4) is 0 Å². The number of carbonyl (C=O) groups is 1. The number of nitrogens with zero attached hydrogens (tertiary/aromatic N) is 1. The molecule has 0 aromatic rings. The molecule has 1 N–H and O–H groups in total. The van der Waals surface area contributed by atoms with Gasteiger partial charge in [0.15, 0.2) is 0 Å². The Labute approximate surface area is 109 Å². The first kappa shape index (κ1) is 14.8. The second-order valence-corrected chi connectivity index (χ2v) is 6.19. The van der Waals surface area contributed by atoms with E-state index in [1.165, 1.54) is 12.8 Å². The lowest BCUT2D eigenvalue weighted by atomic mass is 10.0. The highest BCUT2D eigenvalue weighted by molar-refractivity contribution is 7.99. The molecular formula is C13H25NO2S. The third-order valence-corrected chi connectivity index (χ3v) is 4.39. The van der Waals surface area contributed by atoms with Crippen molar-refractivity contribution in [3.63, 3.8) is 0 Å². The zero-order chi connectivity index (χ0) is 12.7. The van der Waals surface area contributed by atoms with Crippen molar-refractivity contribution in [2.24, 2.45) is 0 Å². The molecule has 1 aliphatic carbocycles. The van der Waals surface area contributed by atoms with E-state index >= 15 is 0 Å². The Morgan fingerprint density at radius 1 is 1.41 bits per heavy atom. The lowest BCUT2D eigenvalue weighted by molar-refractivity contribution is -0.130. The minimum atomic E-state index is -0.613. The molecule has 0 aromatic heterocycles. The SMILES string of the molecule is CCCCSCC(=O)N(C)CC1(O)CCCC1. The largest absolute Gasteiger partial charge is 0.388 e. The fourth-order valence-electron chi connectivity index (χ4n) is 2.24. The van der Waals surface area contributed by atoms with Crippen LogP contribution in [0.4, 0.5) is 0 Å². The van der Waals surface area contributed by atoms with Crippen molar-refractivity contribution in [1.82, 2.24) is 4.90 Å². The van der Waals surface area contributed by atoms with E-state index in [9.17, 15) is 9.90 Å². The lowest BCUT2D eigenvalue weighted by Gasteiger charge is -2.28. The van der Waals surface area contributed by atoms with E-state index in [1.807, 2.05) is 0 Å². The highest BCUT2D eigenvalue weighted by atomic mass is 32.2. The maximum absolute atomic E-state index is 11.8. The number of rotatable bonds is 7. The van der Waals surface area contributed by atoms with Crippen LogP contribution in [0, 0.1) is 0 Å². The molecule has 1 amide bonds. The van der Waals surface area contributed by atoms with E-state index in [0.29, 0.717) is 12.3 Å². The summed E-state index contributed by atoms with van der Waals surface area (Å²) in [4.78, 5) is 13.5. The zero-order valence-corrected chi connectivity index (χ0v) is 11.9. The van der Waals surface area contributed by atoms with Crippen LogP contribution >= 0.6 is 11.8 Å². The van der Waals surface area contributed by atoms with E-state index in [-0.39, 0.29) is 5.91 Å². The van der Waals surface area contributed by atoms with Gasteiger partial charge in [-0.1, -0.05) is 26.2 Å². The first-order valence-electron chi connectivity index (χ1n) is 6.61. The second-order valence-electron chi connectivity index (χ2n) is 5.09. The summed E-state index contributed by atoms with van der Waals surface area (Å²) < 4.78 is 0. The molecule has 4 heteroatoms. The van der Waals surface area contributed by atoms with Crippen molar-refractivity contribution >= 4 is 17.7 Å². The van der Waals surface area contributed by atoms with E-state index in [2.05, 4.69) is 6.92 Å². The first-order chi connectivity index (χ1) is 8.07. The highest BCUT2D eigenvalue weighted by Crippen LogP contribution is 2.29. The monoisotopic (exact) mass is 259 g/mol. The van der Waals surface area contributed by atoms with E-state index < -0.39 is 5.60 Å². The molecule has 0 aromatic carbocycles. The minimum Gasteiger partial charge on any atom is -0.388 e. The van der Waals surface area contributed by atoms with Gasteiger partial charge in [-0.2, -0.15) is 11.8 Å². The van der Waals surface area contributed by atoms with Gasteiger partial charge in [0, 0.05) is 13.6 Å². The molecule has 1 rings (SSSR count). The molecule has 1 fully saturated rings. The van der Waals surface area contributed by atoms with Crippen LogP contribution in [0.1, 0.15) is 45.4 Å². The number of amides is 1. The molecule has 0 radical (unpaired) electrons. The quantitative estimate of drug-likeness (QED) is 0.713. The van der Waals surface area contributed by atoms with E-state index in [0.717, 1.165) is 31.4 Å². The molecule has 0 spiro atoms. The summed E-state index contributed by atoms with van der Waals surface area (Å²) in [6.07, 6.45) is 6.21. The molecule has 0 bridgehead atoms. The van der Waals surface area contributed by atoms with Crippen molar-refractivity contribution in [2.75, 3.05) is 25.1 Å². The summed E-state index contributed by atoms with van der Waals surface area (Å²) >= 11 is 1.70. The standard InChI is InChI=1S/C13H25NO2S/c1-3-4-9-17-10-12(15)14(2)11-13(16)7-5-6-8-13/h16H,3-11H2,1-2H3. The maximum atomic E-state index is 11.8. The van der Waals surface area contributed by atoms with Gasteiger partial charge in [0.2, 0.25) is 5.91 Å². The Morgan fingerprint density at radius 3 is 2.65 bits per heavy atom. The zero-order valence-electron chi connectivity index (χ0n) is 11.1. The molecule has 0 aliphatic heterocycles. The first-order valence-corrected chi connectivity index (χ1v) is 7.77. The molecule has 0 unspecified atom stereocenters. The third-order valence-electron chi connectivity index (χ3n) is 3.36. The normalized spacial score (nSPS) is 18.3. The number of thioether (sulfide) groups is 1. The minimum absolute atomic E-state index is 0.145. The third kappa shape index (κ3) is 5.30. The maximum Gasteiger partial charge on any atom is 0.232 e. The molecule has 0 atom stereocenters. The molecule has 0 saturated heterocycles. The van der Waals surface area contributed by atoms with E-state index in [1.54, 1.807) is 23.7 Å². The molecule has 17 heavy (non-hydrogen) atoms. The number of hydrogen-bond acceptors (Lipinski definition) is 3. The van der Waals surface area contributed by atoms with Gasteiger partial charge in [-0.25, -0.2) is 0 Å². The summed E-state index contributed by atoms with van der Waals surface area (Å²) in [5.41, 5.74) is -0.613. The van der Waals surface area contributed by atoms with Gasteiger partial charge < -0.3 is 10.0 Å². The van der Waals surface area contributed by atoms with Gasteiger partial charge in [-0.3, -0.25) is 4.79 Å². The van der Waals surface area contributed by atoms with Gasteiger partial charge in [-0.15, -0.1) is 0 Å². The average molecular weight is 259 g/mol. The summed E-state index contributed by atoms with van der Waals surface area (Å²) in [7, 11) is 1.80. The van der Waals surface area contributed by atoms with Crippen LogP contribution in [0.5, 0.6) is 0 Å². The summed E-state index contributed by atoms with van der Waals surface area (Å²) in [6.45, 7) is 2.66. The number of aliphatic hydroxyl groups is 1. The fourth-order valence-corrected chi connectivity index (χ4v) is 3.27. The number of carbonyl (C=O) groups excluding carboxylic acids is 1. The van der Waals surface area contributed by atoms with Crippen molar-refractivity contribution in [2.45, 2.75) is 51.0 Å². The van der Waals surface area contributed by atoms with Crippen molar-refractivity contribution in [3.8, 4) is 0 Å². The number of hydrogen-bond donors (Lipinski definition) is 1. The lowest BCUT2D eigenvalue weighted by Crippen LogP contribution is -2.42. The van der Waals surface area contributed by atoms with Crippen LogP contribution in [0.2, 0.25) is 0 Å². The molecular weight excluding hydrogens is 234 g/mol. The highest BCUT2D eigenvalue weighted by Gasteiger charge is 2.33. The van der Waals surface area contributed by atoms with Crippen LogP contribution in [0.25, 0.3) is 0 Å². The smallest absolute Gasteiger partial charge is 0.232 e. The van der Waals surface area contributed by atoms with Gasteiger partial charge in [-0.05, 0) is 25.0 Å². The van der Waals surface area contributed by atoms with Crippen LogP contribution in [-0.4, -0.2) is 46.6 Å². The van der Waals surface area contributed by atoms with Crippen molar-refractivity contribution < 1.29 is 9.90 Å². The molecule has 1 saturated carbocycles. The molecule has 0 heterocycles. The van der Waals surface area contributed by atoms with Gasteiger partial charge in [0.1, 0.15) is 0 Å². The molecule has 100 valence electrons. The van der Waals surface area contributed by atoms with Gasteiger partial charge >= 0.3 is 0 Å². The van der Waals surface area contributed by atoms with Crippen LogP contribution in [-0.2, 0) is 4.79 Å². The topological polar surface area (TPSA) is 40.5 Å². The number of unbranched alkanes of at least 4 members (excludes halogenated alkanes) is 1. The summed E-state index contributed by atoms with van der Waals surface area (Å²) in [6, 6.07) is 0. The predicted octanol–water partition coefficient (Wildman–Crippen LogP) is 2.28. The Bertz CT molecular complexity index is 240. The van der Waals surface area contributed by atoms with Gasteiger partial charge in [0.05, 0.1) is 11.4 Å². The average Bonchev–Trinajstić information content (AvgIpc) is 2.70. The Kier molecular flexibility index (Phi) is 6.34. The van der Waals surface area contributed by atoms with Crippen molar-refractivity contribution in [3.05, 3.63) is 0 Å². The predicted molar refractivity (Wildman–Crippen MR) is 73.3 cm³/mol.